The summed E-state index contributed by atoms with van der Waals surface area (Å²) in [5.41, 5.74) is 3.05. The molecule has 0 aromatic heterocycles. The molecule has 19 heavy (non-hydrogen) atoms. The molecule has 0 spiro atoms. The van der Waals surface area contributed by atoms with E-state index in [1.54, 1.807) is 0 Å². The van der Waals surface area contributed by atoms with Crippen LogP contribution in [0.4, 0.5) is 0 Å². The van der Waals surface area contributed by atoms with Gasteiger partial charge in [-0.3, -0.25) is 0 Å². The number of fused-ring (bicyclic) bond motifs is 1. The van der Waals surface area contributed by atoms with Crippen molar-refractivity contribution in [2.45, 2.75) is 32.0 Å². The van der Waals surface area contributed by atoms with Crippen molar-refractivity contribution in [3.63, 3.8) is 0 Å². The van der Waals surface area contributed by atoms with Crippen LogP contribution in [0.3, 0.4) is 0 Å². The lowest BCUT2D eigenvalue weighted by atomic mass is 10.0. The highest BCUT2D eigenvalue weighted by atomic mass is 16.7. The molecule has 1 saturated heterocycles. The summed E-state index contributed by atoms with van der Waals surface area (Å²) >= 11 is 0. The molecule has 1 aromatic carbocycles. The first-order valence-corrected chi connectivity index (χ1v) is 7.44. The molecule has 3 rings (SSSR count). The van der Waals surface area contributed by atoms with Gasteiger partial charge in [0.25, 0.3) is 0 Å². The van der Waals surface area contributed by atoms with Crippen LogP contribution < -0.4 is 0 Å². The third-order valence-corrected chi connectivity index (χ3v) is 4.09. The lowest BCUT2D eigenvalue weighted by molar-refractivity contribution is -0.182. The molecule has 0 aliphatic carbocycles. The third kappa shape index (κ3) is 3.56. The summed E-state index contributed by atoms with van der Waals surface area (Å²) in [6.07, 6.45) is 4.40. The predicted octanol–water partition coefficient (Wildman–Crippen LogP) is 2.24. The van der Waals surface area contributed by atoms with Crippen LogP contribution in [0, 0.1) is 0 Å². The second-order valence-corrected chi connectivity index (χ2v) is 5.42. The zero-order valence-corrected chi connectivity index (χ0v) is 11.5. The number of rotatable bonds is 3. The van der Waals surface area contributed by atoms with E-state index < -0.39 is 0 Å². The van der Waals surface area contributed by atoms with Crippen LogP contribution >= 0.6 is 0 Å². The van der Waals surface area contributed by atoms with Crippen LogP contribution in [0.2, 0.25) is 0 Å². The van der Waals surface area contributed by atoms with E-state index in [9.17, 15) is 0 Å². The number of nitrogens with zero attached hydrogens (tertiary/aromatic N) is 1. The van der Waals surface area contributed by atoms with E-state index in [0.717, 1.165) is 45.7 Å². The molecule has 2 aliphatic rings. The van der Waals surface area contributed by atoms with Gasteiger partial charge in [-0.2, -0.15) is 0 Å². The van der Waals surface area contributed by atoms with Crippen molar-refractivity contribution in [3.8, 4) is 0 Å². The smallest absolute Gasteiger partial charge is 0.158 e. The highest BCUT2D eigenvalue weighted by Crippen LogP contribution is 2.16. The molecule has 2 aliphatic heterocycles. The number of benzene rings is 1. The molecule has 0 atom stereocenters. The summed E-state index contributed by atoms with van der Waals surface area (Å²) in [4.78, 5) is 2.54. The number of hydrogen-bond acceptors (Lipinski definition) is 3. The minimum atomic E-state index is 0.0272. The van der Waals surface area contributed by atoms with E-state index in [1.807, 2.05) is 0 Å². The highest BCUT2D eigenvalue weighted by Gasteiger charge is 2.17. The number of hydrogen-bond donors (Lipinski definition) is 0. The van der Waals surface area contributed by atoms with E-state index in [4.69, 9.17) is 9.47 Å². The maximum atomic E-state index is 5.61. The maximum absolute atomic E-state index is 5.61. The minimum absolute atomic E-state index is 0.0272. The summed E-state index contributed by atoms with van der Waals surface area (Å²) < 4.78 is 11.2. The Hall–Kier alpha value is -0.900. The van der Waals surface area contributed by atoms with Gasteiger partial charge in [0.1, 0.15) is 0 Å². The average Bonchev–Trinajstić information content (AvgIpc) is 2.69. The van der Waals surface area contributed by atoms with Crippen LogP contribution in [0.5, 0.6) is 0 Å². The molecule has 0 amide bonds. The number of ether oxygens (including phenoxy) is 2. The Labute approximate surface area is 115 Å². The fourth-order valence-electron chi connectivity index (χ4n) is 2.93. The Kier molecular flexibility index (Phi) is 4.49. The van der Waals surface area contributed by atoms with Crippen molar-refractivity contribution < 1.29 is 9.47 Å². The lowest BCUT2D eigenvalue weighted by Crippen LogP contribution is -2.33. The SMILES string of the molecule is c1ccc2c(c1)CCN(CCC1OCCCO1)CC2. The van der Waals surface area contributed by atoms with Crippen LogP contribution in [-0.4, -0.2) is 44.0 Å². The second-order valence-electron chi connectivity index (χ2n) is 5.42. The van der Waals surface area contributed by atoms with Gasteiger partial charge in [0, 0.05) is 26.1 Å². The molecule has 0 bridgehead atoms. The van der Waals surface area contributed by atoms with Crippen molar-refractivity contribution in [1.82, 2.24) is 4.90 Å². The molecule has 3 nitrogen and oxygen atoms in total. The molecule has 104 valence electrons. The van der Waals surface area contributed by atoms with E-state index in [2.05, 4.69) is 29.2 Å². The van der Waals surface area contributed by atoms with Gasteiger partial charge < -0.3 is 14.4 Å². The summed E-state index contributed by atoms with van der Waals surface area (Å²) in [5.74, 6) is 0. The van der Waals surface area contributed by atoms with Crippen molar-refractivity contribution in [3.05, 3.63) is 35.4 Å². The zero-order chi connectivity index (χ0) is 12.9. The molecule has 0 radical (unpaired) electrons. The quantitative estimate of drug-likeness (QED) is 0.833. The van der Waals surface area contributed by atoms with Crippen LogP contribution in [0.25, 0.3) is 0 Å². The summed E-state index contributed by atoms with van der Waals surface area (Å²) in [6, 6.07) is 8.84. The summed E-state index contributed by atoms with van der Waals surface area (Å²) in [5, 5.41) is 0. The highest BCUT2D eigenvalue weighted by molar-refractivity contribution is 5.28. The van der Waals surface area contributed by atoms with E-state index >= 15 is 0 Å². The first-order chi connectivity index (χ1) is 9.42. The Bertz CT molecular complexity index is 374. The summed E-state index contributed by atoms with van der Waals surface area (Å²) in [7, 11) is 0. The van der Waals surface area contributed by atoms with Crippen molar-refractivity contribution in [1.29, 1.82) is 0 Å². The second kappa shape index (κ2) is 6.51. The Morgan fingerprint density at radius 3 is 2.26 bits per heavy atom. The Morgan fingerprint density at radius 1 is 1.00 bits per heavy atom. The normalized spacial score (nSPS) is 21.9. The predicted molar refractivity (Wildman–Crippen MR) is 75.2 cm³/mol. The Balaban J connectivity index is 1.48. The first-order valence-electron chi connectivity index (χ1n) is 7.44. The van der Waals surface area contributed by atoms with Crippen molar-refractivity contribution >= 4 is 0 Å². The third-order valence-electron chi connectivity index (χ3n) is 4.09. The lowest BCUT2D eigenvalue weighted by Gasteiger charge is -2.26. The zero-order valence-electron chi connectivity index (χ0n) is 11.5. The molecular weight excluding hydrogens is 238 g/mol. The van der Waals surface area contributed by atoms with Crippen LogP contribution in [0.15, 0.2) is 24.3 Å². The molecule has 1 aromatic rings. The van der Waals surface area contributed by atoms with E-state index in [0.29, 0.717) is 0 Å². The summed E-state index contributed by atoms with van der Waals surface area (Å²) in [6.45, 7) is 5.11. The van der Waals surface area contributed by atoms with E-state index in [1.165, 1.54) is 24.0 Å². The molecule has 0 saturated carbocycles. The first kappa shape index (κ1) is 13.1. The standard InChI is InChI=1S/C16H23NO2/c1-2-5-15-7-10-17(9-6-14(15)4-1)11-8-16-18-12-3-13-19-16/h1-2,4-5,16H,3,6-13H2. The molecule has 3 heteroatoms. The van der Waals surface area contributed by atoms with E-state index in [-0.39, 0.29) is 6.29 Å². The molecule has 2 heterocycles. The monoisotopic (exact) mass is 261 g/mol. The van der Waals surface area contributed by atoms with Crippen LogP contribution in [0.1, 0.15) is 24.0 Å². The van der Waals surface area contributed by atoms with Gasteiger partial charge in [0.05, 0.1) is 13.2 Å². The Morgan fingerprint density at radius 2 is 1.63 bits per heavy atom. The van der Waals surface area contributed by atoms with Gasteiger partial charge >= 0.3 is 0 Å². The van der Waals surface area contributed by atoms with Gasteiger partial charge in [-0.15, -0.1) is 0 Å². The largest absolute Gasteiger partial charge is 0.353 e. The molecule has 1 fully saturated rings. The topological polar surface area (TPSA) is 21.7 Å². The van der Waals surface area contributed by atoms with Gasteiger partial charge in [0.2, 0.25) is 0 Å². The van der Waals surface area contributed by atoms with Crippen molar-refractivity contribution in [2.75, 3.05) is 32.8 Å². The fraction of sp³-hybridized carbons (Fsp3) is 0.625. The van der Waals surface area contributed by atoms with Gasteiger partial charge in [-0.05, 0) is 30.4 Å². The van der Waals surface area contributed by atoms with Gasteiger partial charge in [0.15, 0.2) is 6.29 Å². The maximum Gasteiger partial charge on any atom is 0.158 e. The fourth-order valence-corrected chi connectivity index (χ4v) is 2.93. The van der Waals surface area contributed by atoms with Crippen molar-refractivity contribution in [2.24, 2.45) is 0 Å². The minimum Gasteiger partial charge on any atom is -0.353 e. The molecular formula is C16H23NO2. The van der Waals surface area contributed by atoms with Gasteiger partial charge in [-0.1, -0.05) is 24.3 Å². The van der Waals surface area contributed by atoms with Gasteiger partial charge in [-0.25, -0.2) is 0 Å². The molecule has 0 unspecified atom stereocenters. The molecule has 0 N–H and O–H groups in total. The van der Waals surface area contributed by atoms with Crippen LogP contribution in [-0.2, 0) is 22.3 Å². The average molecular weight is 261 g/mol.